The number of carbonyl (C=O) groups excluding carboxylic acids is 1. The van der Waals surface area contributed by atoms with E-state index in [4.69, 9.17) is 0 Å². The van der Waals surface area contributed by atoms with Crippen LogP contribution in [0, 0.1) is 0 Å². The number of hydrogen-bond acceptors (Lipinski definition) is 3. The molecule has 0 spiro atoms. The van der Waals surface area contributed by atoms with Crippen molar-refractivity contribution in [3.8, 4) is 0 Å². The molecule has 0 aromatic heterocycles. The molecule has 1 unspecified atom stereocenters. The monoisotopic (exact) mass is 400 g/mol. The highest BCUT2D eigenvalue weighted by atomic mass is 32.2. The molecule has 0 aliphatic heterocycles. The lowest BCUT2D eigenvalue weighted by molar-refractivity contribution is -0.137. The molecule has 2 N–H and O–H groups in total. The number of hydrogen-bond donors (Lipinski definition) is 2. The highest BCUT2D eigenvalue weighted by Gasteiger charge is 2.30. The van der Waals surface area contributed by atoms with Crippen LogP contribution in [0.5, 0.6) is 0 Å². The van der Waals surface area contributed by atoms with Crippen LogP contribution in [-0.2, 0) is 16.2 Å². The van der Waals surface area contributed by atoms with Crippen LogP contribution < -0.4 is 10.0 Å². The Hall–Kier alpha value is -2.39. The van der Waals surface area contributed by atoms with Crippen molar-refractivity contribution in [3.05, 3.63) is 59.7 Å². The minimum atomic E-state index is -4.45. The van der Waals surface area contributed by atoms with Gasteiger partial charge in [0.2, 0.25) is 10.0 Å². The summed E-state index contributed by atoms with van der Waals surface area (Å²) in [5, 5.41) is 2.47. The Labute approximate surface area is 155 Å². The second kappa shape index (κ2) is 8.10. The Kier molecular flexibility index (Phi) is 6.27. The van der Waals surface area contributed by atoms with Crippen molar-refractivity contribution in [2.24, 2.45) is 0 Å². The summed E-state index contributed by atoms with van der Waals surface area (Å²) in [6, 6.07) is 9.08. The SMILES string of the molecule is CCC(C)NS(=O)(=O)c1ccc(C(=O)Nc2ccc(C(F)(F)F)cc2)cc1. The van der Waals surface area contributed by atoms with E-state index in [1.807, 2.05) is 6.92 Å². The molecule has 2 rings (SSSR count). The van der Waals surface area contributed by atoms with Crippen molar-refractivity contribution in [1.29, 1.82) is 0 Å². The van der Waals surface area contributed by atoms with E-state index in [-0.39, 0.29) is 22.2 Å². The minimum absolute atomic E-state index is 0.0221. The van der Waals surface area contributed by atoms with Crippen LogP contribution in [0.15, 0.2) is 53.4 Å². The van der Waals surface area contributed by atoms with Gasteiger partial charge < -0.3 is 5.32 Å². The number of sulfonamides is 1. The van der Waals surface area contributed by atoms with E-state index >= 15 is 0 Å². The highest BCUT2D eigenvalue weighted by molar-refractivity contribution is 7.89. The smallest absolute Gasteiger partial charge is 0.322 e. The van der Waals surface area contributed by atoms with Crippen molar-refractivity contribution < 1.29 is 26.4 Å². The summed E-state index contributed by atoms with van der Waals surface area (Å²) < 4.78 is 64.5. The zero-order valence-electron chi connectivity index (χ0n) is 14.7. The predicted octanol–water partition coefficient (Wildman–Crippen LogP) is 4.03. The Morgan fingerprint density at radius 2 is 1.59 bits per heavy atom. The predicted molar refractivity (Wildman–Crippen MR) is 95.9 cm³/mol. The molecule has 1 amide bonds. The standard InChI is InChI=1S/C18H19F3N2O3S/c1-3-12(2)23-27(25,26)16-10-4-13(5-11-16)17(24)22-15-8-6-14(7-9-15)18(19,20)21/h4-12,23H,3H2,1-2H3,(H,22,24). The van der Waals surface area contributed by atoms with E-state index in [0.29, 0.717) is 6.42 Å². The van der Waals surface area contributed by atoms with Crippen LogP contribution in [0.3, 0.4) is 0 Å². The van der Waals surface area contributed by atoms with Gasteiger partial charge in [-0.25, -0.2) is 13.1 Å². The van der Waals surface area contributed by atoms with Gasteiger partial charge in [-0.2, -0.15) is 13.2 Å². The first-order chi connectivity index (χ1) is 12.5. The van der Waals surface area contributed by atoms with Gasteiger partial charge in [-0.1, -0.05) is 6.92 Å². The number of benzene rings is 2. The van der Waals surface area contributed by atoms with Gasteiger partial charge in [0.05, 0.1) is 10.5 Å². The topological polar surface area (TPSA) is 75.3 Å². The molecule has 1 atom stereocenters. The summed E-state index contributed by atoms with van der Waals surface area (Å²) in [4.78, 5) is 12.2. The molecule has 27 heavy (non-hydrogen) atoms. The van der Waals surface area contributed by atoms with Crippen molar-refractivity contribution in [2.75, 3.05) is 5.32 Å². The lowest BCUT2D eigenvalue weighted by Gasteiger charge is -2.12. The quantitative estimate of drug-likeness (QED) is 0.769. The van der Waals surface area contributed by atoms with E-state index < -0.39 is 27.7 Å². The largest absolute Gasteiger partial charge is 0.416 e. The van der Waals surface area contributed by atoms with Crippen molar-refractivity contribution in [2.45, 2.75) is 37.4 Å². The third kappa shape index (κ3) is 5.54. The van der Waals surface area contributed by atoms with Crippen molar-refractivity contribution in [3.63, 3.8) is 0 Å². The molecule has 2 aromatic carbocycles. The van der Waals surface area contributed by atoms with Gasteiger partial charge in [-0.05, 0) is 61.9 Å². The van der Waals surface area contributed by atoms with Gasteiger partial charge in [-0.3, -0.25) is 4.79 Å². The van der Waals surface area contributed by atoms with Gasteiger partial charge >= 0.3 is 6.18 Å². The molecule has 0 fully saturated rings. The average Bonchev–Trinajstić information content (AvgIpc) is 2.61. The normalized spacial score (nSPS) is 13.2. The summed E-state index contributed by atoms with van der Waals surface area (Å²) in [5.74, 6) is -0.561. The lowest BCUT2D eigenvalue weighted by Crippen LogP contribution is -2.32. The van der Waals surface area contributed by atoms with Crippen LogP contribution in [0.1, 0.15) is 36.2 Å². The van der Waals surface area contributed by atoms with Gasteiger partial charge in [0.1, 0.15) is 0 Å². The van der Waals surface area contributed by atoms with E-state index in [0.717, 1.165) is 24.3 Å². The fourth-order valence-corrected chi connectivity index (χ4v) is 3.47. The average molecular weight is 400 g/mol. The van der Waals surface area contributed by atoms with Gasteiger partial charge in [0, 0.05) is 17.3 Å². The second-order valence-electron chi connectivity index (χ2n) is 5.98. The number of halogens is 3. The molecule has 0 aliphatic rings. The first-order valence-electron chi connectivity index (χ1n) is 8.14. The highest BCUT2D eigenvalue weighted by Crippen LogP contribution is 2.29. The maximum absolute atomic E-state index is 12.5. The Balaban J connectivity index is 2.09. The maximum atomic E-state index is 12.5. The molecule has 146 valence electrons. The molecule has 5 nitrogen and oxygen atoms in total. The third-order valence-electron chi connectivity index (χ3n) is 3.87. The summed E-state index contributed by atoms with van der Waals surface area (Å²) in [5.41, 5.74) is -0.440. The fraction of sp³-hybridized carbons (Fsp3) is 0.278. The van der Waals surface area contributed by atoms with Gasteiger partial charge in [0.15, 0.2) is 0 Å². The molecule has 9 heteroatoms. The number of rotatable bonds is 6. The Morgan fingerprint density at radius 1 is 1.04 bits per heavy atom. The van der Waals surface area contributed by atoms with E-state index in [2.05, 4.69) is 10.0 Å². The number of anilines is 1. The number of alkyl halides is 3. The minimum Gasteiger partial charge on any atom is -0.322 e. The van der Waals surface area contributed by atoms with Crippen LogP contribution in [0.4, 0.5) is 18.9 Å². The molecule has 0 saturated carbocycles. The van der Waals surface area contributed by atoms with E-state index in [1.165, 1.54) is 24.3 Å². The van der Waals surface area contributed by atoms with E-state index in [1.54, 1.807) is 6.92 Å². The molecular formula is C18H19F3N2O3S. The van der Waals surface area contributed by atoms with Gasteiger partial charge in [0.25, 0.3) is 5.91 Å². The molecular weight excluding hydrogens is 381 g/mol. The third-order valence-corrected chi connectivity index (χ3v) is 5.47. The van der Waals surface area contributed by atoms with Gasteiger partial charge in [-0.15, -0.1) is 0 Å². The molecule has 0 heterocycles. The molecule has 0 saturated heterocycles. The molecule has 0 bridgehead atoms. The second-order valence-corrected chi connectivity index (χ2v) is 7.70. The zero-order chi connectivity index (χ0) is 20.2. The summed E-state index contributed by atoms with van der Waals surface area (Å²) in [6.07, 6.45) is -3.82. The first-order valence-corrected chi connectivity index (χ1v) is 9.62. The maximum Gasteiger partial charge on any atom is 0.416 e. The summed E-state index contributed by atoms with van der Waals surface area (Å²) in [6.45, 7) is 3.59. The molecule has 0 radical (unpaired) electrons. The van der Waals surface area contributed by atoms with Crippen LogP contribution in [0.2, 0.25) is 0 Å². The Morgan fingerprint density at radius 3 is 2.07 bits per heavy atom. The van der Waals surface area contributed by atoms with Crippen LogP contribution >= 0.6 is 0 Å². The van der Waals surface area contributed by atoms with Crippen molar-refractivity contribution >= 4 is 21.6 Å². The summed E-state index contributed by atoms with van der Waals surface area (Å²) in [7, 11) is -3.68. The van der Waals surface area contributed by atoms with Crippen molar-refractivity contribution in [1.82, 2.24) is 4.72 Å². The zero-order valence-corrected chi connectivity index (χ0v) is 15.5. The number of carbonyl (C=O) groups is 1. The fourth-order valence-electron chi connectivity index (χ4n) is 2.15. The van der Waals surface area contributed by atoms with E-state index in [9.17, 15) is 26.4 Å². The number of nitrogens with one attached hydrogen (secondary N) is 2. The first kappa shape index (κ1) is 20.9. The van der Waals surface area contributed by atoms with Crippen LogP contribution in [0.25, 0.3) is 0 Å². The summed E-state index contributed by atoms with van der Waals surface area (Å²) >= 11 is 0. The number of amides is 1. The lowest BCUT2D eigenvalue weighted by atomic mass is 10.2. The molecule has 2 aromatic rings. The Bertz CT molecular complexity index is 893. The van der Waals surface area contributed by atoms with Crippen LogP contribution in [-0.4, -0.2) is 20.4 Å². The molecule has 0 aliphatic carbocycles.